The molecule has 0 aliphatic carbocycles. The Hall–Kier alpha value is -2.36. The topological polar surface area (TPSA) is 87.2 Å². The fraction of sp³-hybridized carbons (Fsp3) is 0.450. The van der Waals surface area contributed by atoms with E-state index in [4.69, 9.17) is 18.9 Å². The molecule has 1 aromatic heterocycles. The molecular weight excluding hydrogens is 396 g/mol. The number of hydrogen-bond acceptors (Lipinski definition) is 8. The second-order valence-corrected chi connectivity index (χ2v) is 9.21. The number of rotatable bonds is 5. The van der Waals surface area contributed by atoms with Crippen LogP contribution < -0.4 is 14.4 Å². The van der Waals surface area contributed by atoms with Crippen LogP contribution >= 0.6 is 0 Å². The van der Waals surface area contributed by atoms with Gasteiger partial charge in [-0.1, -0.05) is 6.07 Å². The van der Waals surface area contributed by atoms with Crippen molar-refractivity contribution in [3.8, 4) is 11.5 Å². The van der Waals surface area contributed by atoms with Crippen LogP contribution in [-0.2, 0) is 19.3 Å². The Morgan fingerprint density at radius 2 is 1.76 bits per heavy atom. The lowest BCUT2D eigenvalue weighted by atomic mass is 10.3. The quantitative estimate of drug-likeness (QED) is 0.720. The summed E-state index contributed by atoms with van der Waals surface area (Å²) in [4.78, 5) is 6.55. The monoisotopic (exact) mass is 420 g/mol. The molecule has 2 fully saturated rings. The molecule has 0 radical (unpaired) electrons. The summed E-state index contributed by atoms with van der Waals surface area (Å²) >= 11 is 0. The van der Waals surface area contributed by atoms with Crippen LogP contribution in [0.2, 0.25) is 0 Å². The molecule has 0 bridgehead atoms. The van der Waals surface area contributed by atoms with E-state index < -0.39 is 9.84 Å². The minimum atomic E-state index is -3.26. The van der Waals surface area contributed by atoms with Crippen molar-refractivity contribution in [3.05, 3.63) is 42.6 Å². The fourth-order valence-electron chi connectivity index (χ4n) is 3.48. The summed E-state index contributed by atoms with van der Waals surface area (Å²) in [6.07, 6.45) is 2.17. The van der Waals surface area contributed by atoms with Crippen molar-refractivity contribution in [3.63, 3.8) is 0 Å². The Morgan fingerprint density at radius 3 is 2.34 bits per heavy atom. The third-order valence-corrected chi connectivity index (χ3v) is 6.12. The number of hydrogen-bond donors (Lipinski definition) is 0. The van der Waals surface area contributed by atoms with Gasteiger partial charge in [0.2, 0.25) is 0 Å². The minimum absolute atomic E-state index is 0.0923. The molecule has 3 heterocycles. The van der Waals surface area contributed by atoms with Gasteiger partial charge in [-0.3, -0.25) is 0 Å². The zero-order valence-electron chi connectivity index (χ0n) is 16.4. The molecule has 0 amide bonds. The highest BCUT2D eigenvalue weighted by Gasteiger charge is 2.38. The van der Waals surface area contributed by atoms with Crippen LogP contribution in [0.1, 0.15) is 0 Å². The van der Waals surface area contributed by atoms with E-state index in [2.05, 4.69) is 4.98 Å². The van der Waals surface area contributed by atoms with Gasteiger partial charge in [-0.25, -0.2) is 13.4 Å². The smallest absolute Gasteiger partial charge is 0.177 e. The lowest BCUT2D eigenvalue weighted by Gasteiger charge is -2.20. The van der Waals surface area contributed by atoms with E-state index in [1.54, 1.807) is 19.2 Å². The standard InChI is InChI=1S/C20H24N2O6S/c1-25-14-4-3-5-15(8-14)28-16-12-26-18-10-22(11-19(18)27-13-16)20-7-6-17(9-21-20)29(2,23)24/h3-9,16,18-19H,10-13H2,1-2H3/t18-,19-/m0/s1. The van der Waals surface area contributed by atoms with E-state index in [0.717, 1.165) is 5.75 Å². The first kappa shape index (κ1) is 19.9. The molecule has 0 N–H and O–H groups in total. The summed E-state index contributed by atoms with van der Waals surface area (Å²) in [5.41, 5.74) is 0. The average Bonchev–Trinajstić information content (AvgIpc) is 3.04. The van der Waals surface area contributed by atoms with E-state index in [1.165, 1.54) is 12.5 Å². The number of fused-ring (bicyclic) bond motifs is 1. The van der Waals surface area contributed by atoms with Crippen LogP contribution in [0.25, 0.3) is 0 Å². The zero-order valence-corrected chi connectivity index (χ0v) is 17.2. The molecule has 2 atom stereocenters. The van der Waals surface area contributed by atoms with Gasteiger partial charge in [0.15, 0.2) is 9.84 Å². The van der Waals surface area contributed by atoms with Crippen molar-refractivity contribution >= 4 is 15.7 Å². The molecule has 0 spiro atoms. The van der Waals surface area contributed by atoms with E-state index in [-0.39, 0.29) is 23.2 Å². The molecule has 8 nitrogen and oxygen atoms in total. The lowest BCUT2D eigenvalue weighted by molar-refractivity contribution is -0.00461. The third-order valence-electron chi connectivity index (χ3n) is 5.02. The normalized spacial score (nSPS) is 22.8. The number of anilines is 1. The summed E-state index contributed by atoms with van der Waals surface area (Å²) in [5, 5.41) is 0. The maximum atomic E-state index is 11.6. The highest BCUT2D eigenvalue weighted by Crippen LogP contribution is 2.26. The predicted octanol–water partition coefficient (Wildman–Crippen LogP) is 1.55. The van der Waals surface area contributed by atoms with E-state index in [0.29, 0.717) is 37.9 Å². The molecule has 4 rings (SSSR count). The van der Waals surface area contributed by atoms with Gasteiger partial charge in [0.1, 0.15) is 35.6 Å². The second kappa shape index (κ2) is 8.17. The summed E-state index contributed by atoms with van der Waals surface area (Å²) < 4.78 is 46.5. The first-order valence-electron chi connectivity index (χ1n) is 9.37. The van der Waals surface area contributed by atoms with Crippen LogP contribution in [0.4, 0.5) is 5.82 Å². The Labute approximate surface area is 170 Å². The molecule has 1 aromatic carbocycles. The number of sulfone groups is 1. The molecule has 9 heteroatoms. The predicted molar refractivity (Wildman–Crippen MR) is 106 cm³/mol. The Morgan fingerprint density at radius 1 is 1.07 bits per heavy atom. The average molecular weight is 420 g/mol. The SMILES string of the molecule is COc1cccc(OC2CO[C@H]3CN(c4ccc(S(C)(=O)=O)cn4)C[C@@H]3OC2)c1. The first-order chi connectivity index (χ1) is 13.9. The van der Waals surface area contributed by atoms with Gasteiger partial charge in [-0.15, -0.1) is 0 Å². The van der Waals surface area contributed by atoms with Crippen molar-refractivity contribution in [2.75, 3.05) is 44.6 Å². The maximum Gasteiger partial charge on any atom is 0.177 e. The largest absolute Gasteiger partial charge is 0.497 e. The Kier molecular flexibility index (Phi) is 5.62. The van der Waals surface area contributed by atoms with Crippen molar-refractivity contribution in [2.45, 2.75) is 23.2 Å². The summed E-state index contributed by atoms with van der Waals surface area (Å²) in [7, 11) is -1.64. The summed E-state index contributed by atoms with van der Waals surface area (Å²) in [6.45, 7) is 2.10. The van der Waals surface area contributed by atoms with Crippen molar-refractivity contribution < 1.29 is 27.4 Å². The van der Waals surface area contributed by atoms with E-state index in [9.17, 15) is 8.42 Å². The molecule has 156 valence electrons. The van der Waals surface area contributed by atoms with Crippen molar-refractivity contribution in [1.29, 1.82) is 0 Å². The number of ether oxygens (including phenoxy) is 4. The summed E-state index contributed by atoms with van der Waals surface area (Å²) in [6, 6.07) is 10.7. The lowest BCUT2D eigenvalue weighted by Crippen LogP contribution is -2.29. The van der Waals surface area contributed by atoms with Crippen molar-refractivity contribution in [2.24, 2.45) is 0 Å². The second-order valence-electron chi connectivity index (χ2n) is 7.19. The van der Waals surface area contributed by atoms with E-state index in [1.807, 2.05) is 29.2 Å². The van der Waals surface area contributed by atoms with Crippen LogP contribution in [0.3, 0.4) is 0 Å². The van der Waals surface area contributed by atoms with Gasteiger partial charge >= 0.3 is 0 Å². The van der Waals surface area contributed by atoms with Crippen LogP contribution in [0.5, 0.6) is 11.5 Å². The van der Waals surface area contributed by atoms with Gasteiger partial charge in [0, 0.05) is 31.6 Å². The highest BCUT2D eigenvalue weighted by atomic mass is 32.2. The van der Waals surface area contributed by atoms with E-state index >= 15 is 0 Å². The van der Waals surface area contributed by atoms with Crippen LogP contribution in [0, 0.1) is 0 Å². The number of aromatic nitrogens is 1. The molecule has 2 saturated heterocycles. The number of methoxy groups -OCH3 is 1. The van der Waals surface area contributed by atoms with Gasteiger partial charge in [-0.2, -0.15) is 0 Å². The molecule has 29 heavy (non-hydrogen) atoms. The number of nitrogens with zero attached hydrogens (tertiary/aromatic N) is 2. The zero-order chi connectivity index (χ0) is 20.4. The van der Waals surface area contributed by atoms with Crippen LogP contribution in [-0.4, -0.2) is 71.4 Å². The van der Waals surface area contributed by atoms with Crippen molar-refractivity contribution in [1.82, 2.24) is 4.98 Å². The maximum absolute atomic E-state index is 11.6. The minimum Gasteiger partial charge on any atom is -0.497 e. The van der Waals surface area contributed by atoms with Gasteiger partial charge < -0.3 is 23.8 Å². The molecule has 0 unspecified atom stereocenters. The van der Waals surface area contributed by atoms with Crippen LogP contribution in [0.15, 0.2) is 47.5 Å². The molecule has 0 saturated carbocycles. The number of benzene rings is 1. The Bertz CT molecular complexity index is 934. The number of pyridine rings is 1. The van der Waals surface area contributed by atoms with Gasteiger partial charge in [0.05, 0.1) is 25.2 Å². The van der Waals surface area contributed by atoms with Gasteiger partial charge in [0.25, 0.3) is 0 Å². The third kappa shape index (κ3) is 4.63. The fourth-order valence-corrected chi connectivity index (χ4v) is 4.03. The Balaban J connectivity index is 1.35. The summed E-state index contributed by atoms with van der Waals surface area (Å²) in [5.74, 6) is 2.16. The first-order valence-corrected chi connectivity index (χ1v) is 11.3. The molecule has 2 aromatic rings. The molecular formula is C20H24N2O6S. The molecule has 2 aliphatic heterocycles. The molecule has 2 aliphatic rings. The highest BCUT2D eigenvalue weighted by molar-refractivity contribution is 7.90. The van der Waals surface area contributed by atoms with Gasteiger partial charge in [-0.05, 0) is 24.3 Å².